The van der Waals surface area contributed by atoms with E-state index in [1.54, 1.807) is 12.1 Å². The van der Waals surface area contributed by atoms with E-state index in [-0.39, 0.29) is 24.9 Å². The molecule has 2 aliphatic rings. The van der Waals surface area contributed by atoms with Gasteiger partial charge in [0.15, 0.2) is 0 Å². The number of hydrogen-bond acceptors (Lipinski definition) is 4. The third-order valence-corrected chi connectivity index (χ3v) is 5.10. The first kappa shape index (κ1) is 17.5. The molecule has 0 bridgehead atoms. The summed E-state index contributed by atoms with van der Waals surface area (Å²) in [6, 6.07) is 6.90. The van der Waals surface area contributed by atoms with E-state index in [2.05, 4.69) is 5.32 Å². The van der Waals surface area contributed by atoms with Crippen molar-refractivity contribution in [2.24, 2.45) is 0 Å². The Labute approximate surface area is 145 Å². The number of carboxylic acid groups (broad SMARTS) is 1. The lowest BCUT2D eigenvalue weighted by atomic mass is 9.84. The Kier molecular flexibility index (Phi) is 4.85. The van der Waals surface area contributed by atoms with Gasteiger partial charge in [0.05, 0.1) is 6.54 Å². The van der Waals surface area contributed by atoms with Crippen molar-refractivity contribution in [3.8, 4) is 0 Å². The maximum absolute atomic E-state index is 15.0. The van der Waals surface area contributed by atoms with E-state index in [0.29, 0.717) is 5.92 Å². The van der Waals surface area contributed by atoms with E-state index in [4.69, 9.17) is 5.11 Å². The van der Waals surface area contributed by atoms with Gasteiger partial charge in [-0.05, 0) is 43.0 Å². The summed E-state index contributed by atoms with van der Waals surface area (Å²) >= 11 is 0. The third kappa shape index (κ3) is 3.71. The minimum Gasteiger partial charge on any atom is -0.480 e. The predicted octanol–water partition coefficient (Wildman–Crippen LogP) is 1.55. The molecule has 2 saturated heterocycles. The Morgan fingerprint density at radius 2 is 1.88 bits per heavy atom. The number of carbonyl (C=O) groups is 3. The van der Waals surface area contributed by atoms with Crippen molar-refractivity contribution in [2.45, 2.75) is 37.3 Å². The highest BCUT2D eigenvalue weighted by atomic mass is 19.1. The summed E-state index contributed by atoms with van der Waals surface area (Å²) < 4.78 is 15.0. The maximum atomic E-state index is 15.0. The first-order valence-corrected chi connectivity index (χ1v) is 8.46. The lowest BCUT2D eigenvalue weighted by molar-refractivity contribution is -0.144. The van der Waals surface area contributed by atoms with Gasteiger partial charge >= 0.3 is 5.97 Å². The Hall–Kier alpha value is -2.28. The summed E-state index contributed by atoms with van der Waals surface area (Å²) in [7, 11) is 0. The van der Waals surface area contributed by atoms with Gasteiger partial charge in [-0.15, -0.1) is 0 Å². The highest BCUT2D eigenvalue weighted by molar-refractivity contribution is 6.02. The van der Waals surface area contributed by atoms with Crippen LogP contribution in [0.5, 0.6) is 0 Å². The van der Waals surface area contributed by atoms with Gasteiger partial charge in [-0.2, -0.15) is 0 Å². The van der Waals surface area contributed by atoms with Crippen molar-refractivity contribution in [1.82, 2.24) is 10.2 Å². The number of nitrogens with zero attached hydrogens (tertiary/aromatic N) is 1. The molecular formula is C18H21FN2O4. The molecule has 3 rings (SSSR count). The van der Waals surface area contributed by atoms with Gasteiger partial charge in [0.2, 0.25) is 11.6 Å². The molecule has 0 aliphatic carbocycles. The molecule has 2 amide bonds. The number of halogens is 1. The second kappa shape index (κ2) is 6.92. The number of alkyl halides is 1. The molecule has 6 nitrogen and oxygen atoms in total. The van der Waals surface area contributed by atoms with E-state index < -0.39 is 23.5 Å². The van der Waals surface area contributed by atoms with Gasteiger partial charge in [-0.3, -0.25) is 24.6 Å². The van der Waals surface area contributed by atoms with Crippen LogP contribution >= 0.6 is 0 Å². The Bertz CT molecular complexity index is 683. The summed E-state index contributed by atoms with van der Waals surface area (Å²) in [6.45, 7) is 1.50. The fraction of sp³-hybridized carbons (Fsp3) is 0.500. The largest absolute Gasteiger partial charge is 0.480 e. The van der Waals surface area contributed by atoms with Crippen LogP contribution in [-0.4, -0.2) is 47.4 Å². The van der Waals surface area contributed by atoms with Crippen molar-refractivity contribution in [3.63, 3.8) is 0 Å². The van der Waals surface area contributed by atoms with Crippen molar-refractivity contribution in [2.75, 3.05) is 19.6 Å². The number of likely N-dealkylation sites (tertiary alicyclic amines) is 1. The Balaban J connectivity index is 1.66. The van der Waals surface area contributed by atoms with Gasteiger partial charge in [-0.25, -0.2) is 4.39 Å². The molecule has 134 valence electrons. The van der Waals surface area contributed by atoms with Crippen molar-refractivity contribution < 1.29 is 23.9 Å². The van der Waals surface area contributed by atoms with Crippen LogP contribution in [0.3, 0.4) is 0 Å². The molecule has 0 radical (unpaired) electrons. The van der Waals surface area contributed by atoms with Gasteiger partial charge in [0.25, 0.3) is 5.91 Å². The number of hydrogen-bond donors (Lipinski definition) is 2. The van der Waals surface area contributed by atoms with Crippen LogP contribution in [0.4, 0.5) is 4.39 Å². The molecule has 1 aromatic carbocycles. The number of rotatable bonds is 4. The molecule has 25 heavy (non-hydrogen) atoms. The van der Waals surface area contributed by atoms with Crippen molar-refractivity contribution >= 4 is 17.8 Å². The molecule has 2 aliphatic heterocycles. The van der Waals surface area contributed by atoms with Gasteiger partial charge in [0.1, 0.15) is 0 Å². The second-order valence-electron chi connectivity index (χ2n) is 6.74. The number of imide groups is 1. The molecule has 1 aromatic rings. The first-order valence-electron chi connectivity index (χ1n) is 8.46. The smallest absolute Gasteiger partial charge is 0.317 e. The van der Waals surface area contributed by atoms with Crippen molar-refractivity contribution in [3.05, 3.63) is 35.4 Å². The van der Waals surface area contributed by atoms with Crippen LogP contribution in [0, 0.1) is 0 Å². The van der Waals surface area contributed by atoms with E-state index >= 15 is 0 Å². The van der Waals surface area contributed by atoms with Crippen LogP contribution in [0.1, 0.15) is 42.7 Å². The van der Waals surface area contributed by atoms with Gasteiger partial charge in [0, 0.05) is 12.8 Å². The quantitative estimate of drug-likeness (QED) is 0.807. The monoisotopic (exact) mass is 348 g/mol. The van der Waals surface area contributed by atoms with Crippen LogP contribution in [0.2, 0.25) is 0 Å². The van der Waals surface area contributed by atoms with E-state index in [1.165, 1.54) is 0 Å². The molecule has 1 unspecified atom stereocenters. The first-order chi connectivity index (χ1) is 11.9. The van der Waals surface area contributed by atoms with E-state index in [1.807, 2.05) is 17.0 Å². The highest BCUT2D eigenvalue weighted by Gasteiger charge is 2.44. The molecule has 0 saturated carbocycles. The summed E-state index contributed by atoms with van der Waals surface area (Å²) in [5.41, 5.74) is -0.823. The number of benzene rings is 1. The van der Waals surface area contributed by atoms with Crippen molar-refractivity contribution in [1.29, 1.82) is 0 Å². The zero-order chi connectivity index (χ0) is 18.0. The number of nitrogens with one attached hydrogen (secondary N) is 1. The second-order valence-corrected chi connectivity index (χ2v) is 6.74. The summed E-state index contributed by atoms with van der Waals surface area (Å²) in [4.78, 5) is 35.7. The van der Waals surface area contributed by atoms with Crippen LogP contribution in [0.15, 0.2) is 24.3 Å². The number of carboxylic acids is 1. The summed E-state index contributed by atoms with van der Waals surface area (Å²) in [5, 5.41) is 10.9. The molecule has 7 heteroatoms. The molecule has 0 spiro atoms. The maximum Gasteiger partial charge on any atom is 0.317 e. The van der Waals surface area contributed by atoms with E-state index in [9.17, 15) is 18.8 Å². The lowest BCUT2D eigenvalue weighted by Gasteiger charge is -2.31. The molecule has 1 atom stereocenters. The molecule has 2 fully saturated rings. The normalized spacial score (nSPS) is 25.6. The lowest BCUT2D eigenvalue weighted by Crippen LogP contribution is -2.49. The molecule has 2 N–H and O–H groups in total. The third-order valence-electron chi connectivity index (χ3n) is 5.10. The fourth-order valence-electron chi connectivity index (χ4n) is 3.60. The zero-order valence-corrected chi connectivity index (χ0v) is 13.8. The number of piperidine rings is 2. The predicted molar refractivity (Wildman–Crippen MR) is 87.7 cm³/mol. The SMILES string of the molecule is O=C(O)CN1CCC(c2ccc(C3(F)CCC(=O)NC3=O)cc2)CC1. The number of aliphatic carboxylic acids is 1. The summed E-state index contributed by atoms with van der Waals surface area (Å²) in [5.74, 6) is -1.85. The summed E-state index contributed by atoms with van der Waals surface area (Å²) in [6.07, 6.45) is 1.56. The standard InChI is InChI=1S/C18H21FN2O4/c19-18(8-5-15(22)20-17(18)25)14-3-1-12(2-4-14)13-6-9-21(10-7-13)11-16(23)24/h1-4,13H,5-11H2,(H,23,24)(H,20,22,25). The van der Waals surface area contributed by atoms with Gasteiger partial charge in [-0.1, -0.05) is 24.3 Å². The van der Waals surface area contributed by atoms with Crippen LogP contribution < -0.4 is 5.32 Å². The Morgan fingerprint density at radius 1 is 1.24 bits per heavy atom. The van der Waals surface area contributed by atoms with E-state index in [0.717, 1.165) is 31.5 Å². The van der Waals surface area contributed by atoms with Crippen LogP contribution in [0.25, 0.3) is 0 Å². The fourth-order valence-corrected chi connectivity index (χ4v) is 3.60. The molecule has 2 heterocycles. The minimum absolute atomic E-state index is 0.00791. The topological polar surface area (TPSA) is 86.7 Å². The van der Waals surface area contributed by atoms with Crippen LogP contribution in [-0.2, 0) is 20.1 Å². The minimum atomic E-state index is -2.16. The molecular weight excluding hydrogens is 327 g/mol. The zero-order valence-electron chi connectivity index (χ0n) is 13.8. The average Bonchev–Trinajstić information content (AvgIpc) is 2.59. The Morgan fingerprint density at radius 3 is 2.44 bits per heavy atom. The number of amides is 2. The van der Waals surface area contributed by atoms with Gasteiger partial charge < -0.3 is 5.11 Å². The average molecular weight is 348 g/mol. The number of carbonyl (C=O) groups excluding carboxylic acids is 2. The molecule has 0 aromatic heterocycles. The highest BCUT2D eigenvalue weighted by Crippen LogP contribution is 2.36.